The van der Waals surface area contributed by atoms with E-state index in [0.717, 1.165) is 29.2 Å². The maximum atomic E-state index is 5.54. The predicted molar refractivity (Wildman–Crippen MR) is 117 cm³/mol. The molecule has 2 aromatic carbocycles. The number of ether oxygens (including phenoxy) is 5. The first-order valence-corrected chi connectivity index (χ1v) is 9.62. The molecule has 0 saturated carbocycles. The van der Waals surface area contributed by atoms with Crippen LogP contribution in [0.3, 0.4) is 0 Å². The molecule has 0 bridgehead atoms. The summed E-state index contributed by atoms with van der Waals surface area (Å²) in [7, 11) is 8.05. The molecule has 0 aliphatic carbocycles. The average Bonchev–Trinajstić information content (AvgIpc) is 2.79. The summed E-state index contributed by atoms with van der Waals surface area (Å²) in [6.07, 6.45) is 0. The van der Waals surface area contributed by atoms with E-state index in [1.54, 1.807) is 35.5 Å². The fraction of sp³-hybridized carbons (Fsp3) is 0.409. The lowest BCUT2D eigenvalue weighted by molar-refractivity contribution is 0.322. The van der Waals surface area contributed by atoms with E-state index in [1.807, 2.05) is 37.3 Å². The van der Waals surface area contributed by atoms with Gasteiger partial charge in [-0.2, -0.15) is 0 Å². The highest BCUT2D eigenvalue weighted by atomic mass is 16.5. The van der Waals surface area contributed by atoms with Crippen molar-refractivity contribution in [3.63, 3.8) is 0 Å². The summed E-state index contributed by atoms with van der Waals surface area (Å²) in [4.78, 5) is 4.68. The highest BCUT2D eigenvalue weighted by molar-refractivity contribution is 5.80. The van der Waals surface area contributed by atoms with Gasteiger partial charge in [0.25, 0.3) is 0 Å². The summed E-state index contributed by atoms with van der Waals surface area (Å²) in [6, 6.07) is 9.48. The van der Waals surface area contributed by atoms with Gasteiger partial charge in [0.1, 0.15) is 11.5 Å². The molecular weight excluding hydrogens is 386 g/mol. The van der Waals surface area contributed by atoms with Crippen molar-refractivity contribution in [2.45, 2.75) is 20.0 Å². The number of guanidine groups is 1. The number of rotatable bonds is 10. The summed E-state index contributed by atoms with van der Waals surface area (Å²) < 4.78 is 27.0. The third-order valence-corrected chi connectivity index (χ3v) is 4.48. The van der Waals surface area contributed by atoms with Gasteiger partial charge in [0.05, 0.1) is 42.1 Å². The molecule has 0 radical (unpaired) electrons. The predicted octanol–water partition coefficient (Wildman–Crippen LogP) is 2.98. The van der Waals surface area contributed by atoms with Crippen LogP contribution in [0.5, 0.6) is 28.7 Å². The van der Waals surface area contributed by atoms with Crippen molar-refractivity contribution >= 4 is 5.96 Å². The second-order valence-corrected chi connectivity index (χ2v) is 6.22. The third kappa shape index (κ3) is 5.62. The average molecular weight is 418 g/mol. The fourth-order valence-electron chi connectivity index (χ4n) is 2.97. The van der Waals surface area contributed by atoms with Gasteiger partial charge < -0.3 is 34.3 Å². The third-order valence-electron chi connectivity index (χ3n) is 4.48. The molecule has 0 spiro atoms. The Kier molecular flexibility index (Phi) is 8.93. The van der Waals surface area contributed by atoms with Crippen LogP contribution >= 0.6 is 0 Å². The van der Waals surface area contributed by atoms with Crippen molar-refractivity contribution in [2.24, 2.45) is 4.99 Å². The van der Waals surface area contributed by atoms with Crippen molar-refractivity contribution in [1.82, 2.24) is 10.6 Å². The van der Waals surface area contributed by atoms with E-state index in [1.165, 1.54) is 0 Å². The van der Waals surface area contributed by atoms with Gasteiger partial charge >= 0.3 is 0 Å². The van der Waals surface area contributed by atoms with Crippen LogP contribution in [0.25, 0.3) is 0 Å². The zero-order valence-corrected chi connectivity index (χ0v) is 18.5. The molecule has 8 nitrogen and oxygen atoms in total. The largest absolute Gasteiger partial charge is 0.497 e. The lowest BCUT2D eigenvalue weighted by Crippen LogP contribution is -2.36. The minimum absolute atomic E-state index is 0.401. The van der Waals surface area contributed by atoms with Gasteiger partial charge in [-0.3, -0.25) is 0 Å². The number of benzene rings is 2. The highest BCUT2D eigenvalue weighted by Gasteiger charge is 2.15. The Morgan fingerprint density at radius 1 is 0.767 bits per heavy atom. The van der Waals surface area contributed by atoms with Crippen LogP contribution in [0.2, 0.25) is 0 Å². The van der Waals surface area contributed by atoms with E-state index in [9.17, 15) is 0 Å². The van der Waals surface area contributed by atoms with E-state index < -0.39 is 0 Å². The van der Waals surface area contributed by atoms with Crippen molar-refractivity contribution in [2.75, 3.05) is 42.1 Å². The Balaban J connectivity index is 2.19. The van der Waals surface area contributed by atoms with Gasteiger partial charge in [-0.05, 0) is 31.2 Å². The first-order chi connectivity index (χ1) is 14.6. The minimum atomic E-state index is 0.401. The van der Waals surface area contributed by atoms with E-state index >= 15 is 0 Å². The second-order valence-electron chi connectivity index (χ2n) is 6.22. The zero-order chi connectivity index (χ0) is 21.9. The van der Waals surface area contributed by atoms with E-state index in [-0.39, 0.29) is 0 Å². The molecule has 0 aromatic heterocycles. The van der Waals surface area contributed by atoms with Gasteiger partial charge in [-0.25, -0.2) is 4.99 Å². The zero-order valence-electron chi connectivity index (χ0n) is 18.5. The fourth-order valence-corrected chi connectivity index (χ4v) is 2.97. The van der Waals surface area contributed by atoms with Crippen LogP contribution in [-0.4, -0.2) is 48.1 Å². The summed E-state index contributed by atoms with van der Waals surface area (Å²) in [5, 5.41) is 6.58. The lowest BCUT2D eigenvalue weighted by atomic mass is 10.1. The molecule has 0 fully saturated rings. The van der Waals surface area contributed by atoms with Crippen LogP contribution < -0.4 is 34.3 Å². The first kappa shape index (κ1) is 23.0. The number of methoxy groups -OCH3 is 5. The van der Waals surface area contributed by atoms with Crippen LogP contribution in [0.4, 0.5) is 0 Å². The number of hydrogen-bond acceptors (Lipinski definition) is 6. The molecule has 0 aliphatic heterocycles. The summed E-state index contributed by atoms with van der Waals surface area (Å²) in [5.41, 5.74) is 1.88. The van der Waals surface area contributed by atoms with E-state index in [4.69, 9.17) is 23.7 Å². The molecule has 2 aromatic rings. The quantitative estimate of drug-likeness (QED) is 0.454. The molecule has 0 aliphatic rings. The van der Waals surface area contributed by atoms with Crippen LogP contribution in [0.1, 0.15) is 18.1 Å². The number of hydrogen-bond donors (Lipinski definition) is 2. The van der Waals surface area contributed by atoms with E-state index in [2.05, 4.69) is 15.6 Å². The smallest absolute Gasteiger partial charge is 0.203 e. The Morgan fingerprint density at radius 2 is 1.47 bits per heavy atom. The molecule has 2 rings (SSSR count). The number of nitrogens with zero attached hydrogens (tertiary/aromatic N) is 1. The SMILES string of the molecule is CCNC(=NCc1ccc(OC)c(OC)c1OC)NCc1ccc(OC)cc1OC. The highest BCUT2D eigenvalue weighted by Crippen LogP contribution is 2.39. The van der Waals surface area contributed by atoms with Crippen molar-refractivity contribution in [3.05, 3.63) is 41.5 Å². The second kappa shape index (κ2) is 11.6. The normalized spacial score (nSPS) is 10.9. The van der Waals surface area contributed by atoms with Crippen molar-refractivity contribution in [3.8, 4) is 28.7 Å². The standard InChI is InChI=1S/C22H31N3O5/c1-7-23-22(24-13-15-8-10-17(26-2)12-19(15)28-4)25-14-16-9-11-18(27-3)21(30-6)20(16)29-5/h8-12H,7,13-14H2,1-6H3,(H2,23,24,25). The Labute approximate surface area is 178 Å². The molecule has 0 unspecified atom stereocenters. The van der Waals surface area contributed by atoms with Crippen LogP contribution in [-0.2, 0) is 13.1 Å². The number of nitrogens with one attached hydrogen (secondary N) is 2. The topological polar surface area (TPSA) is 82.6 Å². The van der Waals surface area contributed by atoms with Gasteiger partial charge in [0.15, 0.2) is 17.5 Å². The van der Waals surface area contributed by atoms with Gasteiger partial charge in [-0.15, -0.1) is 0 Å². The van der Waals surface area contributed by atoms with Gasteiger partial charge in [-0.1, -0.05) is 0 Å². The van der Waals surface area contributed by atoms with Gasteiger partial charge in [0.2, 0.25) is 5.75 Å². The molecule has 0 amide bonds. The van der Waals surface area contributed by atoms with Crippen LogP contribution in [0.15, 0.2) is 35.3 Å². The van der Waals surface area contributed by atoms with Gasteiger partial charge in [0, 0.05) is 30.3 Å². The molecule has 0 atom stereocenters. The summed E-state index contributed by atoms with van der Waals surface area (Å²) >= 11 is 0. The number of aliphatic imine (C=N–C) groups is 1. The Hall–Kier alpha value is -3.29. The molecule has 0 saturated heterocycles. The molecule has 2 N–H and O–H groups in total. The van der Waals surface area contributed by atoms with Crippen LogP contribution in [0, 0.1) is 0 Å². The molecule has 164 valence electrons. The minimum Gasteiger partial charge on any atom is -0.497 e. The monoisotopic (exact) mass is 417 g/mol. The Bertz CT molecular complexity index is 855. The maximum absolute atomic E-state index is 5.54. The maximum Gasteiger partial charge on any atom is 0.203 e. The Morgan fingerprint density at radius 3 is 2.07 bits per heavy atom. The molecule has 0 heterocycles. The summed E-state index contributed by atoms with van der Waals surface area (Å²) in [6.45, 7) is 3.69. The lowest BCUT2D eigenvalue weighted by Gasteiger charge is -2.16. The first-order valence-electron chi connectivity index (χ1n) is 9.62. The molecular formula is C22H31N3O5. The van der Waals surface area contributed by atoms with Crippen molar-refractivity contribution < 1.29 is 23.7 Å². The van der Waals surface area contributed by atoms with Crippen molar-refractivity contribution in [1.29, 1.82) is 0 Å². The molecule has 8 heteroatoms. The van der Waals surface area contributed by atoms with E-state index in [0.29, 0.717) is 36.3 Å². The molecule has 30 heavy (non-hydrogen) atoms. The summed E-state index contributed by atoms with van der Waals surface area (Å²) in [5.74, 6) is 3.93.